The van der Waals surface area contributed by atoms with Gasteiger partial charge in [-0.25, -0.2) is 0 Å². The first-order chi connectivity index (χ1) is 12.0. The highest BCUT2D eigenvalue weighted by molar-refractivity contribution is 5.96. The van der Waals surface area contributed by atoms with Gasteiger partial charge in [-0.15, -0.1) is 12.4 Å². The van der Waals surface area contributed by atoms with Crippen molar-refractivity contribution in [2.24, 2.45) is 11.8 Å². The molecule has 144 valence electrons. The molecule has 0 aromatic heterocycles. The smallest absolute Gasteiger partial charge is 0.231 e. The maximum Gasteiger partial charge on any atom is 0.231 e. The number of carbonyl (C=O) groups is 2. The summed E-state index contributed by atoms with van der Waals surface area (Å²) in [6.07, 6.45) is 2.40. The number of nitrogens with one attached hydrogen (secondary N) is 1. The number of carbonyl (C=O) groups excluding carboxylic acids is 2. The number of nitrogen functional groups attached to an aromatic ring is 1. The molecule has 2 aliphatic heterocycles. The lowest BCUT2D eigenvalue weighted by Gasteiger charge is -2.33. The van der Waals surface area contributed by atoms with Crippen molar-refractivity contribution in [3.63, 3.8) is 0 Å². The number of benzene rings is 1. The van der Waals surface area contributed by atoms with Gasteiger partial charge in [-0.3, -0.25) is 9.59 Å². The first kappa shape index (κ1) is 20.2. The van der Waals surface area contributed by atoms with Gasteiger partial charge in [0.2, 0.25) is 18.6 Å². The highest BCUT2D eigenvalue weighted by Crippen LogP contribution is 2.38. The number of anilines is 2. The SMILES string of the molecule is CCC(C)C(=O)N1CCCC(C(=O)Nc2cc3c(cc2N)OCO3)C1.Cl. The Labute approximate surface area is 159 Å². The summed E-state index contributed by atoms with van der Waals surface area (Å²) in [6.45, 7) is 5.26. The number of nitrogens with two attached hydrogens (primary N) is 1. The summed E-state index contributed by atoms with van der Waals surface area (Å²) < 4.78 is 10.6. The minimum absolute atomic E-state index is 0. The molecule has 0 radical (unpaired) electrons. The van der Waals surface area contributed by atoms with Crippen LogP contribution < -0.4 is 20.5 Å². The molecule has 1 aromatic rings. The number of piperidine rings is 1. The maximum atomic E-state index is 12.7. The molecule has 2 heterocycles. The minimum atomic E-state index is -0.230. The van der Waals surface area contributed by atoms with Crippen LogP contribution in [0.3, 0.4) is 0 Å². The molecule has 0 aliphatic carbocycles. The van der Waals surface area contributed by atoms with Gasteiger partial charge in [0.05, 0.1) is 17.3 Å². The van der Waals surface area contributed by atoms with E-state index in [4.69, 9.17) is 15.2 Å². The lowest BCUT2D eigenvalue weighted by Crippen LogP contribution is -2.45. The molecule has 3 rings (SSSR count). The molecule has 1 aromatic carbocycles. The summed E-state index contributed by atoms with van der Waals surface area (Å²) in [4.78, 5) is 26.8. The fourth-order valence-corrected chi connectivity index (χ4v) is 3.18. The second-order valence-corrected chi connectivity index (χ2v) is 6.71. The Bertz CT molecular complexity index is 683. The monoisotopic (exact) mass is 383 g/mol. The topological polar surface area (TPSA) is 93.9 Å². The quantitative estimate of drug-likeness (QED) is 0.779. The number of hydrogen-bond acceptors (Lipinski definition) is 5. The number of amides is 2. The standard InChI is InChI=1S/C18H25N3O4.ClH/c1-3-11(2)18(23)21-6-4-5-12(9-21)17(22)20-14-8-16-15(7-13(14)19)24-10-25-16;/h7-8,11-12H,3-6,9-10,19H2,1-2H3,(H,20,22);1H. The summed E-state index contributed by atoms with van der Waals surface area (Å²) in [5, 5.41) is 2.87. The fraction of sp³-hybridized carbons (Fsp3) is 0.556. The number of fused-ring (bicyclic) bond motifs is 1. The van der Waals surface area contributed by atoms with E-state index in [1.165, 1.54) is 0 Å². The lowest BCUT2D eigenvalue weighted by atomic mass is 9.95. The number of hydrogen-bond donors (Lipinski definition) is 2. The number of likely N-dealkylation sites (tertiary alicyclic amines) is 1. The van der Waals surface area contributed by atoms with E-state index < -0.39 is 0 Å². The summed E-state index contributed by atoms with van der Waals surface area (Å²) in [5.74, 6) is 0.924. The summed E-state index contributed by atoms with van der Waals surface area (Å²) in [6, 6.07) is 3.33. The van der Waals surface area contributed by atoms with Crippen LogP contribution in [0, 0.1) is 11.8 Å². The Morgan fingerprint density at radius 2 is 2.04 bits per heavy atom. The van der Waals surface area contributed by atoms with Crippen LogP contribution in [0.25, 0.3) is 0 Å². The largest absolute Gasteiger partial charge is 0.454 e. The zero-order valence-corrected chi connectivity index (χ0v) is 15.9. The van der Waals surface area contributed by atoms with E-state index in [9.17, 15) is 9.59 Å². The molecular formula is C18H26ClN3O4. The molecule has 0 spiro atoms. The number of halogens is 1. The molecule has 7 nitrogen and oxygen atoms in total. The first-order valence-corrected chi connectivity index (χ1v) is 8.78. The van der Waals surface area contributed by atoms with Crippen LogP contribution in [0.15, 0.2) is 12.1 Å². The van der Waals surface area contributed by atoms with Crippen LogP contribution in [-0.2, 0) is 9.59 Å². The summed E-state index contributed by atoms with van der Waals surface area (Å²) in [5.41, 5.74) is 6.93. The van der Waals surface area contributed by atoms with Crippen LogP contribution in [0.5, 0.6) is 11.5 Å². The number of nitrogens with zero attached hydrogens (tertiary/aromatic N) is 1. The third-order valence-electron chi connectivity index (χ3n) is 4.94. The van der Waals surface area contributed by atoms with E-state index in [-0.39, 0.29) is 42.9 Å². The first-order valence-electron chi connectivity index (χ1n) is 8.78. The lowest BCUT2D eigenvalue weighted by molar-refractivity contribution is -0.138. The molecule has 2 unspecified atom stereocenters. The molecule has 2 atom stereocenters. The van der Waals surface area contributed by atoms with E-state index in [2.05, 4.69) is 5.32 Å². The highest BCUT2D eigenvalue weighted by Gasteiger charge is 2.30. The Balaban J connectivity index is 0.00000243. The van der Waals surface area contributed by atoms with E-state index in [1.807, 2.05) is 18.7 Å². The van der Waals surface area contributed by atoms with Crippen molar-refractivity contribution in [3.8, 4) is 11.5 Å². The van der Waals surface area contributed by atoms with Gasteiger partial charge in [0.15, 0.2) is 11.5 Å². The normalized spacial score (nSPS) is 19.5. The second kappa shape index (κ2) is 8.49. The van der Waals surface area contributed by atoms with Crippen molar-refractivity contribution in [1.29, 1.82) is 0 Å². The highest BCUT2D eigenvalue weighted by atomic mass is 35.5. The molecule has 0 saturated carbocycles. The average Bonchev–Trinajstić information content (AvgIpc) is 3.07. The minimum Gasteiger partial charge on any atom is -0.454 e. The zero-order valence-electron chi connectivity index (χ0n) is 15.1. The van der Waals surface area contributed by atoms with Gasteiger partial charge in [-0.1, -0.05) is 13.8 Å². The Hall–Kier alpha value is -2.15. The fourth-order valence-electron chi connectivity index (χ4n) is 3.18. The Kier molecular flexibility index (Phi) is 6.58. The molecular weight excluding hydrogens is 358 g/mol. The third kappa shape index (κ3) is 4.15. The van der Waals surface area contributed by atoms with Crippen LogP contribution in [0.1, 0.15) is 33.1 Å². The van der Waals surface area contributed by atoms with E-state index in [1.54, 1.807) is 12.1 Å². The van der Waals surface area contributed by atoms with Crippen molar-refractivity contribution in [2.45, 2.75) is 33.1 Å². The van der Waals surface area contributed by atoms with Gasteiger partial charge in [-0.2, -0.15) is 0 Å². The van der Waals surface area contributed by atoms with Gasteiger partial charge < -0.3 is 25.4 Å². The summed E-state index contributed by atoms with van der Waals surface area (Å²) in [7, 11) is 0. The summed E-state index contributed by atoms with van der Waals surface area (Å²) >= 11 is 0. The van der Waals surface area contributed by atoms with Gasteiger partial charge >= 0.3 is 0 Å². The Morgan fingerprint density at radius 3 is 2.73 bits per heavy atom. The van der Waals surface area contributed by atoms with E-state index in [0.29, 0.717) is 29.4 Å². The van der Waals surface area contributed by atoms with Crippen LogP contribution in [0.4, 0.5) is 11.4 Å². The van der Waals surface area contributed by atoms with Gasteiger partial charge in [0.25, 0.3) is 0 Å². The molecule has 0 bridgehead atoms. The second-order valence-electron chi connectivity index (χ2n) is 6.71. The average molecular weight is 384 g/mol. The van der Waals surface area contributed by atoms with E-state index in [0.717, 1.165) is 25.8 Å². The molecule has 1 fully saturated rings. The number of rotatable bonds is 4. The van der Waals surface area contributed by atoms with Crippen LogP contribution in [-0.4, -0.2) is 36.6 Å². The molecule has 8 heteroatoms. The van der Waals surface area contributed by atoms with Crippen molar-refractivity contribution >= 4 is 35.6 Å². The van der Waals surface area contributed by atoms with Crippen molar-refractivity contribution < 1.29 is 19.1 Å². The molecule has 2 amide bonds. The molecule has 2 aliphatic rings. The maximum absolute atomic E-state index is 12.7. The van der Waals surface area contributed by atoms with Crippen LogP contribution in [0.2, 0.25) is 0 Å². The predicted molar refractivity (Wildman–Crippen MR) is 102 cm³/mol. The zero-order chi connectivity index (χ0) is 18.0. The Morgan fingerprint density at radius 1 is 1.35 bits per heavy atom. The van der Waals surface area contributed by atoms with Crippen molar-refractivity contribution in [1.82, 2.24) is 4.90 Å². The molecule has 26 heavy (non-hydrogen) atoms. The van der Waals surface area contributed by atoms with Gasteiger partial charge in [0.1, 0.15) is 0 Å². The molecule has 3 N–H and O–H groups in total. The van der Waals surface area contributed by atoms with Gasteiger partial charge in [-0.05, 0) is 19.3 Å². The van der Waals surface area contributed by atoms with Crippen molar-refractivity contribution in [3.05, 3.63) is 12.1 Å². The predicted octanol–water partition coefficient (Wildman–Crippen LogP) is 2.64. The third-order valence-corrected chi connectivity index (χ3v) is 4.94. The van der Waals surface area contributed by atoms with E-state index >= 15 is 0 Å². The number of ether oxygens (including phenoxy) is 2. The van der Waals surface area contributed by atoms with Crippen LogP contribution >= 0.6 is 12.4 Å². The van der Waals surface area contributed by atoms with Gasteiger partial charge in [0, 0.05) is 31.1 Å². The van der Waals surface area contributed by atoms with Crippen molar-refractivity contribution in [2.75, 3.05) is 30.9 Å². The molecule has 1 saturated heterocycles.